The second kappa shape index (κ2) is 9.95. The van der Waals surface area contributed by atoms with Crippen molar-refractivity contribution in [1.82, 2.24) is 10.6 Å². The molecule has 0 saturated carbocycles. The number of halogens is 3. The molecule has 0 aromatic heterocycles. The first-order chi connectivity index (χ1) is 16.7. The Bertz CT molecular complexity index is 1080. The van der Waals surface area contributed by atoms with Crippen LogP contribution in [-0.4, -0.2) is 61.2 Å². The first-order valence-corrected chi connectivity index (χ1v) is 11.0. The molecule has 186 valence electrons. The average molecular weight is 492 g/mol. The lowest BCUT2D eigenvalue weighted by Crippen LogP contribution is -2.54. The summed E-state index contributed by atoms with van der Waals surface area (Å²) in [7, 11) is 0. The average Bonchev–Trinajstić information content (AvgIpc) is 3.41. The van der Waals surface area contributed by atoms with Gasteiger partial charge >= 0.3 is 18.2 Å². The van der Waals surface area contributed by atoms with Crippen molar-refractivity contribution in [2.75, 3.05) is 19.8 Å². The van der Waals surface area contributed by atoms with Gasteiger partial charge in [0.2, 0.25) is 11.9 Å². The molecule has 0 radical (unpaired) electrons. The van der Waals surface area contributed by atoms with Gasteiger partial charge in [0, 0.05) is 25.0 Å². The number of fused-ring (bicyclic) bond motifs is 3. The molecule has 0 spiro atoms. The Labute approximate surface area is 198 Å². The van der Waals surface area contributed by atoms with E-state index in [1.807, 2.05) is 48.5 Å². The highest BCUT2D eigenvalue weighted by Crippen LogP contribution is 2.44. The molecule has 2 aromatic carbocycles. The van der Waals surface area contributed by atoms with Crippen LogP contribution >= 0.6 is 0 Å². The molecule has 1 aliphatic carbocycles. The van der Waals surface area contributed by atoms with Crippen molar-refractivity contribution < 1.29 is 42.1 Å². The third kappa shape index (κ3) is 5.24. The van der Waals surface area contributed by atoms with E-state index in [2.05, 4.69) is 5.32 Å². The Morgan fingerprint density at radius 1 is 1.06 bits per heavy atom. The van der Waals surface area contributed by atoms with Gasteiger partial charge in [-0.15, -0.1) is 0 Å². The van der Waals surface area contributed by atoms with Crippen LogP contribution < -0.4 is 10.6 Å². The van der Waals surface area contributed by atoms with E-state index in [4.69, 9.17) is 14.6 Å². The second-order valence-electron chi connectivity index (χ2n) is 8.37. The number of ether oxygens (including phenoxy) is 2. The molecule has 2 aliphatic rings. The normalized spacial score (nSPS) is 20.0. The maximum Gasteiger partial charge on any atom is 0.419 e. The van der Waals surface area contributed by atoms with Crippen LogP contribution in [0.5, 0.6) is 0 Å². The molecule has 1 unspecified atom stereocenters. The molecule has 8 nitrogen and oxygen atoms in total. The lowest BCUT2D eigenvalue weighted by molar-refractivity contribution is -0.183. The first-order valence-electron chi connectivity index (χ1n) is 11.0. The Kier molecular flexibility index (Phi) is 6.97. The number of carboxylic acids is 1. The van der Waals surface area contributed by atoms with Crippen molar-refractivity contribution in [2.45, 2.75) is 30.7 Å². The lowest BCUT2D eigenvalue weighted by Gasteiger charge is -2.22. The minimum atomic E-state index is -5.16. The number of aliphatic carboxylic acids is 1. The zero-order valence-corrected chi connectivity index (χ0v) is 18.4. The quantitative estimate of drug-likeness (QED) is 0.548. The number of hydrogen-bond acceptors (Lipinski definition) is 5. The van der Waals surface area contributed by atoms with Gasteiger partial charge in [0.1, 0.15) is 12.7 Å². The minimum Gasteiger partial charge on any atom is -0.479 e. The predicted octanol–water partition coefficient (Wildman–Crippen LogP) is 3.06. The van der Waals surface area contributed by atoms with Crippen LogP contribution in [0.1, 0.15) is 23.5 Å². The van der Waals surface area contributed by atoms with E-state index >= 15 is 0 Å². The SMILES string of the molecule is O=C(NC[C@@H]1CCO[C@@H]1C(=O)NC(C(=O)O)C(F)(F)F)OCC1c2ccccc2-c2ccccc21. The summed E-state index contributed by atoms with van der Waals surface area (Å²) < 4.78 is 49.2. The third-order valence-corrected chi connectivity index (χ3v) is 6.19. The van der Waals surface area contributed by atoms with Crippen molar-refractivity contribution in [3.8, 4) is 11.1 Å². The fourth-order valence-electron chi connectivity index (χ4n) is 4.50. The molecule has 0 bridgehead atoms. The van der Waals surface area contributed by atoms with Crippen LogP contribution in [-0.2, 0) is 19.1 Å². The van der Waals surface area contributed by atoms with Gasteiger partial charge in [0.25, 0.3) is 0 Å². The van der Waals surface area contributed by atoms with Crippen molar-refractivity contribution in [2.24, 2.45) is 5.92 Å². The van der Waals surface area contributed by atoms with Crippen LogP contribution in [0.4, 0.5) is 18.0 Å². The topological polar surface area (TPSA) is 114 Å². The van der Waals surface area contributed by atoms with E-state index in [1.54, 1.807) is 0 Å². The number of rotatable bonds is 7. The zero-order chi connectivity index (χ0) is 25.2. The first kappa shape index (κ1) is 24.5. The highest BCUT2D eigenvalue weighted by molar-refractivity contribution is 5.87. The second-order valence-corrected chi connectivity index (χ2v) is 8.37. The molecular formula is C24H23F3N2O6. The summed E-state index contributed by atoms with van der Waals surface area (Å²) in [5.74, 6) is -4.21. The van der Waals surface area contributed by atoms with Crippen molar-refractivity contribution in [3.05, 3.63) is 59.7 Å². The number of alkyl carbamates (subject to hydrolysis) is 1. The fourth-order valence-corrected chi connectivity index (χ4v) is 4.50. The van der Waals surface area contributed by atoms with Gasteiger partial charge in [-0.05, 0) is 28.7 Å². The number of carbonyl (C=O) groups excluding carboxylic acids is 2. The van der Waals surface area contributed by atoms with Gasteiger partial charge in [-0.1, -0.05) is 48.5 Å². The smallest absolute Gasteiger partial charge is 0.419 e. The molecule has 2 aromatic rings. The summed E-state index contributed by atoms with van der Waals surface area (Å²) in [6.45, 7) is 0.0776. The van der Waals surface area contributed by atoms with E-state index in [1.165, 1.54) is 5.32 Å². The zero-order valence-electron chi connectivity index (χ0n) is 18.4. The number of carboxylic acid groups (broad SMARTS) is 1. The van der Waals surface area contributed by atoms with E-state index in [9.17, 15) is 27.6 Å². The fraction of sp³-hybridized carbons (Fsp3) is 0.375. The van der Waals surface area contributed by atoms with E-state index in [-0.39, 0.29) is 25.7 Å². The van der Waals surface area contributed by atoms with Crippen LogP contribution in [0, 0.1) is 5.92 Å². The molecule has 1 saturated heterocycles. The highest BCUT2D eigenvalue weighted by atomic mass is 19.4. The molecule has 35 heavy (non-hydrogen) atoms. The predicted molar refractivity (Wildman–Crippen MR) is 117 cm³/mol. The van der Waals surface area contributed by atoms with E-state index in [0.29, 0.717) is 6.42 Å². The molecule has 11 heteroatoms. The minimum absolute atomic E-state index is 0.0802. The summed E-state index contributed by atoms with van der Waals surface area (Å²) >= 11 is 0. The Balaban J connectivity index is 1.32. The number of amides is 2. The molecule has 1 fully saturated rings. The van der Waals surface area contributed by atoms with Crippen molar-refractivity contribution in [1.29, 1.82) is 0 Å². The van der Waals surface area contributed by atoms with Crippen molar-refractivity contribution in [3.63, 3.8) is 0 Å². The van der Waals surface area contributed by atoms with Crippen LogP contribution in [0.2, 0.25) is 0 Å². The maximum atomic E-state index is 12.9. The van der Waals surface area contributed by atoms with Gasteiger partial charge in [0.15, 0.2) is 0 Å². The highest BCUT2D eigenvalue weighted by Gasteiger charge is 2.48. The van der Waals surface area contributed by atoms with Crippen LogP contribution in [0.3, 0.4) is 0 Å². The molecule has 1 heterocycles. The number of carbonyl (C=O) groups is 3. The Morgan fingerprint density at radius 2 is 1.66 bits per heavy atom. The number of hydrogen-bond donors (Lipinski definition) is 3. The van der Waals surface area contributed by atoms with Gasteiger partial charge in [0.05, 0.1) is 0 Å². The summed E-state index contributed by atoms with van der Waals surface area (Å²) in [4.78, 5) is 35.5. The molecule has 2 amide bonds. The number of alkyl halides is 3. The van der Waals surface area contributed by atoms with Gasteiger partial charge in [-0.3, -0.25) is 4.79 Å². The molecule has 3 atom stereocenters. The monoisotopic (exact) mass is 492 g/mol. The summed E-state index contributed by atoms with van der Waals surface area (Å²) in [6.07, 6.45) is -6.93. The standard InChI is InChI=1S/C24H23F3N2O6/c25-24(26,27)20(22(31)32)29-21(30)19-13(9-10-34-19)11-28-23(33)35-12-18-16-7-3-1-5-14(16)15-6-2-4-8-17(15)18/h1-8,13,18-20H,9-12H2,(H,28,33)(H,29,30)(H,31,32)/t13-,19-,20?/m0/s1. The van der Waals surface area contributed by atoms with Crippen molar-refractivity contribution >= 4 is 18.0 Å². The molecule has 3 N–H and O–H groups in total. The Morgan fingerprint density at radius 3 is 2.23 bits per heavy atom. The number of benzene rings is 2. The summed E-state index contributed by atoms with van der Waals surface area (Å²) in [5.41, 5.74) is 4.24. The molecule has 1 aliphatic heterocycles. The maximum absolute atomic E-state index is 12.9. The van der Waals surface area contributed by atoms with Gasteiger partial charge in [-0.2, -0.15) is 13.2 Å². The summed E-state index contributed by atoms with van der Waals surface area (Å²) in [5, 5.41) is 12.8. The van der Waals surface area contributed by atoms with Crippen LogP contribution in [0.15, 0.2) is 48.5 Å². The van der Waals surface area contributed by atoms with Gasteiger partial charge in [-0.25, -0.2) is 9.59 Å². The molecular weight excluding hydrogens is 469 g/mol. The lowest BCUT2D eigenvalue weighted by atomic mass is 9.98. The number of nitrogens with one attached hydrogen (secondary N) is 2. The van der Waals surface area contributed by atoms with Gasteiger partial charge < -0.3 is 25.2 Å². The third-order valence-electron chi connectivity index (χ3n) is 6.19. The van der Waals surface area contributed by atoms with E-state index in [0.717, 1.165) is 22.3 Å². The molecule has 4 rings (SSSR count). The Hall–Kier alpha value is -3.60. The van der Waals surface area contributed by atoms with Crippen LogP contribution in [0.25, 0.3) is 11.1 Å². The summed E-state index contributed by atoms with van der Waals surface area (Å²) in [6, 6.07) is 12.6. The van der Waals surface area contributed by atoms with E-state index < -0.39 is 42.2 Å². The largest absolute Gasteiger partial charge is 0.479 e.